The number of H-pyrrole nitrogens is 1. The van der Waals surface area contributed by atoms with Crippen LogP contribution in [0.1, 0.15) is 24.4 Å². The number of aromatic amines is 1. The average Bonchev–Trinajstić information content (AvgIpc) is 2.97. The van der Waals surface area contributed by atoms with Crippen LogP contribution in [-0.2, 0) is 11.2 Å². The van der Waals surface area contributed by atoms with E-state index >= 15 is 0 Å². The van der Waals surface area contributed by atoms with Crippen molar-refractivity contribution < 1.29 is 4.79 Å². The van der Waals surface area contributed by atoms with Crippen LogP contribution in [0.2, 0.25) is 0 Å². The van der Waals surface area contributed by atoms with Gasteiger partial charge in [-0.1, -0.05) is 40.2 Å². The number of fused-ring (bicyclic) bond motifs is 1. The van der Waals surface area contributed by atoms with E-state index in [1.165, 1.54) is 0 Å². The topological polar surface area (TPSA) is 58.1 Å². The minimum Gasteiger partial charge on any atom is -0.340 e. The largest absolute Gasteiger partial charge is 0.340 e. The Morgan fingerprint density at radius 3 is 2.88 bits per heavy atom. The zero-order chi connectivity index (χ0) is 18.1. The molecule has 4 rings (SSSR count). The van der Waals surface area contributed by atoms with Gasteiger partial charge in [0.05, 0.1) is 23.5 Å². The van der Waals surface area contributed by atoms with Gasteiger partial charge in [-0.3, -0.25) is 9.36 Å². The van der Waals surface area contributed by atoms with Gasteiger partial charge in [0, 0.05) is 17.6 Å². The van der Waals surface area contributed by atoms with E-state index in [-0.39, 0.29) is 17.6 Å². The lowest BCUT2D eigenvalue weighted by molar-refractivity contribution is -0.132. The second-order valence-electron chi connectivity index (χ2n) is 6.76. The number of para-hydroxylation sites is 2. The number of carbonyl (C=O) groups excluding carboxylic acids is 1. The fourth-order valence-corrected chi connectivity index (χ4v) is 4.21. The van der Waals surface area contributed by atoms with Gasteiger partial charge >= 0.3 is 5.69 Å². The summed E-state index contributed by atoms with van der Waals surface area (Å²) in [6.07, 6.45) is 2.19. The number of piperidine rings is 1. The molecule has 1 fully saturated rings. The summed E-state index contributed by atoms with van der Waals surface area (Å²) < 4.78 is 2.79. The molecular weight excluding hydrogens is 394 g/mol. The molecule has 1 N–H and O–H groups in total. The van der Waals surface area contributed by atoms with Crippen molar-refractivity contribution in [3.05, 3.63) is 69.1 Å². The van der Waals surface area contributed by atoms with Crippen LogP contribution in [0.3, 0.4) is 0 Å². The lowest BCUT2D eigenvalue weighted by atomic mass is 10.0. The Bertz CT molecular complexity index is 1010. The van der Waals surface area contributed by atoms with Crippen LogP contribution in [0, 0.1) is 0 Å². The van der Waals surface area contributed by atoms with E-state index in [1.54, 1.807) is 0 Å². The Morgan fingerprint density at radius 1 is 1.19 bits per heavy atom. The Hall–Kier alpha value is -2.34. The maximum Gasteiger partial charge on any atom is 0.326 e. The van der Waals surface area contributed by atoms with Gasteiger partial charge in [0.15, 0.2) is 0 Å². The number of likely N-dealkylation sites (tertiary alicyclic amines) is 1. The quantitative estimate of drug-likeness (QED) is 0.714. The van der Waals surface area contributed by atoms with E-state index in [9.17, 15) is 9.59 Å². The molecule has 0 unspecified atom stereocenters. The predicted octanol–water partition coefficient (Wildman–Crippen LogP) is 3.50. The molecule has 134 valence electrons. The maximum absolute atomic E-state index is 12.8. The molecule has 1 amide bonds. The molecule has 0 bridgehead atoms. The molecule has 1 aromatic heterocycles. The first kappa shape index (κ1) is 17.1. The number of hydrogen-bond acceptors (Lipinski definition) is 2. The summed E-state index contributed by atoms with van der Waals surface area (Å²) >= 11 is 3.45. The van der Waals surface area contributed by atoms with E-state index in [2.05, 4.69) is 20.9 Å². The van der Waals surface area contributed by atoms with Crippen LogP contribution in [0.15, 0.2) is 57.8 Å². The van der Waals surface area contributed by atoms with Gasteiger partial charge in [0.25, 0.3) is 0 Å². The fraction of sp³-hybridized carbons (Fsp3) is 0.300. The summed E-state index contributed by atoms with van der Waals surface area (Å²) in [6.45, 7) is 1.33. The predicted molar refractivity (Wildman–Crippen MR) is 105 cm³/mol. The second-order valence-corrected chi connectivity index (χ2v) is 7.68. The monoisotopic (exact) mass is 413 g/mol. The highest BCUT2D eigenvalue weighted by Crippen LogP contribution is 2.24. The fourth-order valence-electron chi connectivity index (χ4n) is 3.76. The van der Waals surface area contributed by atoms with Crippen LogP contribution >= 0.6 is 15.9 Å². The number of benzene rings is 2. The summed E-state index contributed by atoms with van der Waals surface area (Å²) in [5.74, 6) is 0.112. The molecule has 3 aromatic rings. The van der Waals surface area contributed by atoms with Gasteiger partial charge < -0.3 is 9.88 Å². The van der Waals surface area contributed by atoms with E-state index in [0.29, 0.717) is 13.0 Å². The molecule has 1 aliphatic heterocycles. The first-order valence-electron chi connectivity index (χ1n) is 8.83. The summed E-state index contributed by atoms with van der Waals surface area (Å²) in [6, 6.07) is 15.6. The number of rotatable bonds is 3. The van der Waals surface area contributed by atoms with Crippen molar-refractivity contribution in [2.75, 3.05) is 13.1 Å². The standard InChI is InChI=1S/C20H20BrN3O2/c21-15-6-3-5-14(11-15)12-19(25)23-10-4-7-16(13-23)24-18-9-2-1-8-17(18)22-20(24)26/h1-3,5-6,8-9,11,16H,4,7,10,12-13H2,(H,22,26)/t16-/m0/s1. The second kappa shape index (κ2) is 7.11. The molecule has 2 heterocycles. The maximum atomic E-state index is 12.8. The minimum absolute atomic E-state index is 0.0128. The zero-order valence-corrected chi connectivity index (χ0v) is 15.9. The molecule has 1 saturated heterocycles. The van der Waals surface area contributed by atoms with Gasteiger partial charge in [-0.2, -0.15) is 0 Å². The highest BCUT2D eigenvalue weighted by atomic mass is 79.9. The first-order chi connectivity index (χ1) is 12.6. The van der Waals surface area contributed by atoms with E-state index in [4.69, 9.17) is 0 Å². The van der Waals surface area contributed by atoms with E-state index in [0.717, 1.165) is 40.5 Å². The van der Waals surface area contributed by atoms with Crippen LogP contribution < -0.4 is 5.69 Å². The third-order valence-electron chi connectivity index (χ3n) is 4.98. The number of amides is 1. The molecule has 26 heavy (non-hydrogen) atoms. The van der Waals surface area contributed by atoms with Gasteiger partial charge in [-0.15, -0.1) is 0 Å². The zero-order valence-electron chi connectivity index (χ0n) is 14.3. The lowest BCUT2D eigenvalue weighted by Gasteiger charge is -2.33. The Labute approximate surface area is 159 Å². The summed E-state index contributed by atoms with van der Waals surface area (Å²) in [7, 11) is 0. The van der Waals surface area contributed by atoms with Crippen molar-refractivity contribution in [3.63, 3.8) is 0 Å². The summed E-state index contributed by atoms with van der Waals surface area (Å²) in [5.41, 5.74) is 2.65. The molecule has 1 atom stereocenters. The number of nitrogens with zero attached hydrogens (tertiary/aromatic N) is 2. The molecule has 5 nitrogen and oxygen atoms in total. The van der Waals surface area contributed by atoms with Crippen molar-refractivity contribution in [1.29, 1.82) is 0 Å². The molecule has 0 aliphatic carbocycles. The Kier molecular flexibility index (Phi) is 4.68. The van der Waals surface area contributed by atoms with Crippen LogP contribution in [0.5, 0.6) is 0 Å². The number of nitrogens with one attached hydrogen (secondary N) is 1. The van der Waals surface area contributed by atoms with Crippen molar-refractivity contribution in [2.24, 2.45) is 0 Å². The van der Waals surface area contributed by atoms with Crippen molar-refractivity contribution in [3.8, 4) is 0 Å². The van der Waals surface area contributed by atoms with Crippen LogP contribution in [-0.4, -0.2) is 33.4 Å². The van der Waals surface area contributed by atoms with E-state index in [1.807, 2.05) is 58.0 Å². The number of halogens is 1. The molecule has 0 saturated carbocycles. The number of aromatic nitrogens is 2. The Morgan fingerprint density at radius 2 is 2.04 bits per heavy atom. The van der Waals surface area contributed by atoms with Crippen molar-refractivity contribution in [2.45, 2.75) is 25.3 Å². The lowest BCUT2D eigenvalue weighted by Crippen LogP contribution is -2.43. The number of carbonyl (C=O) groups is 1. The number of hydrogen-bond donors (Lipinski definition) is 1. The van der Waals surface area contributed by atoms with Crippen LogP contribution in [0.25, 0.3) is 11.0 Å². The Balaban J connectivity index is 1.54. The normalized spacial score (nSPS) is 17.6. The van der Waals surface area contributed by atoms with Crippen LogP contribution in [0.4, 0.5) is 0 Å². The third-order valence-corrected chi connectivity index (χ3v) is 5.48. The minimum atomic E-state index is -0.0995. The van der Waals surface area contributed by atoms with Gasteiger partial charge in [-0.05, 0) is 42.7 Å². The first-order valence-corrected chi connectivity index (χ1v) is 9.62. The molecule has 2 aromatic carbocycles. The average molecular weight is 414 g/mol. The number of imidazole rings is 1. The molecule has 0 spiro atoms. The van der Waals surface area contributed by atoms with Gasteiger partial charge in [-0.25, -0.2) is 4.79 Å². The third kappa shape index (κ3) is 3.33. The highest BCUT2D eigenvalue weighted by molar-refractivity contribution is 9.10. The summed E-state index contributed by atoms with van der Waals surface area (Å²) in [4.78, 5) is 30.0. The van der Waals surface area contributed by atoms with Gasteiger partial charge in [0.1, 0.15) is 0 Å². The summed E-state index contributed by atoms with van der Waals surface area (Å²) in [5, 5.41) is 0. The molecule has 1 aliphatic rings. The smallest absolute Gasteiger partial charge is 0.326 e. The van der Waals surface area contributed by atoms with Crippen molar-refractivity contribution >= 4 is 32.9 Å². The van der Waals surface area contributed by atoms with E-state index < -0.39 is 0 Å². The molecular formula is C20H20BrN3O2. The highest BCUT2D eigenvalue weighted by Gasteiger charge is 2.27. The molecule has 0 radical (unpaired) electrons. The molecule has 6 heteroatoms. The SMILES string of the molecule is O=C(Cc1cccc(Br)c1)N1CCC[C@H](n2c(=O)[nH]c3ccccc32)C1. The van der Waals surface area contributed by atoms with Crippen molar-refractivity contribution in [1.82, 2.24) is 14.5 Å². The van der Waals surface area contributed by atoms with Gasteiger partial charge in [0.2, 0.25) is 5.91 Å².